The van der Waals surface area contributed by atoms with Crippen LogP contribution in [0.25, 0.3) is 0 Å². The lowest BCUT2D eigenvalue weighted by Gasteiger charge is -2.44. The number of aromatic nitrogens is 1. The summed E-state index contributed by atoms with van der Waals surface area (Å²) in [7, 11) is 1.67. The maximum Gasteiger partial charge on any atom is 0.139 e. The van der Waals surface area contributed by atoms with Crippen LogP contribution in [-0.2, 0) is 9.47 Å². The van der Waals surface area contributed by atoms with E-state index in [0.717, 1.165) is 19.4 Å². The summed E-state index contributed by atoms with van der Waals surface area (Å²) in [6.07, 6.45) is 5.34. The van der Waals surface area contributed by atoms with Crippen LogP contribution in [0.4, 0.5) is 0 Å². The largest absolute Gasteiger partial charge is 0.486 e. The molecule has 0 amide bonds. The first-order chi connectivity index (χ1) is 10.2. The van der Waals surface area contributed by atoms with Gasteiger partial charge in [0.15, 0.2) is 0 Å². The van der Waals surface area contributed by atoms with Crippen LogP contribution in [0.1, 0.15) is 19.8 Å². The topological polar surface area (TPSA) is 52.6 Å². The number of methoxy groups -OCH3 is 1. The third-order valence-corrected chi connectivity index (χ3v) is 3.68. The van der Waals surface area contributed by atoms with Crippen molar-refractivity contribution < 1.29 is 14.2 Å². The highest BCUT2D eigenvalue weighted by Crippen LogP contribution is 2.29. The molecule has 0 spiro atoms. The molecule has 21 heavy (non-hydrogen) atoms. The Morgan fingerprint density at radius 1 is 1.38 bits per heavy atom. The third kappa shape index (κ3) is 4.81. The Labute approximate surface area is 130 Å². The monoisotopic (exact) mass is 314 g/mol. The fourth-order valence-electron chi connectivity index (χ4n) is 2.35. The summed E-state index contributed by atoms with van der Waals surface area (Å²) in [6, 6.07) is 2.10. The molecule has 1 aromatic heterocycles. The third-order valence-electron chi connectivity index (χ3n) is 3.47. The van der Waals surface area contributed by atoms with Crippen LogP contribution in [0.3, 0.4) is 0 Å². The van der Waals surface area contributed by atoms with Crippen molar-refractivity contribution >= 4 is 11.6 Å². The van der Waals surface area contributed by atoms with Gasteiger partial charge in [0.05, 0.1) is 24.4 Å². The lowest BCUT2D eigenvalue weighted by atomic mass is 9.85. The number of ether oxygens (including phenoxy) is 3. The predicted molar refractivity (Wildman–Crippen MR) is 82.0 cm³/mol. The molecule has 1 aliphatic rings. The van der Waals surface area contributed by atoms with Crippen LogP contribution in [0, 0.1) is 0 Å². The molecule has 3 atom stereocenters. The Morgan fingerprint density at radius 3 is 2.95 bits per heavy atom. The molecule has 1 saturated carbocycles. The van der Waals surface area contributed by atoms with Crippen molar-refractivity contribution in [1.82, 2.24) is 10.3 Å². The molecule has 5 nitrogen and oxygen atoms in total. The minimum Gasteiger partial charge on any atom is -0.486 e. The van der Waals surface area contributed by atoms with Gasteiger partial charge in [-0.1, -0.05) is 18.5 Å². The van der Waals surface area contributed by atoms with Crippen molar-refractivity contribution in [3.8, 4) is 5.75 Å². The molecule has 0 bridgehead atoms. The lowest BCUT2D eigenvalue weighted by Crippen LogP contribution is -2.61. The highest BCUT2D eigenvalue weighted by Gasteiger charge is 2.43. The van der Waals surface area contributed by atoms with E-state index in [4.69, 9.17) is 25.8 Å². The summed E-state index contributed by atoms with van der Waals surface area (Å²) in [5.74, 6) is 0.682. The number of nitrogens with one attached hydrogen (secondary N) is 1. The first-order valence-electron chi connectivity index (χ1n) is 7.35. The van der Waals surface area contributed by atoms with Gasteiger partial charge >= 0.3 is 0 Å². The zero-order chi connectivity index (χ0) is 15.1. The molecule has 0 aliphatic heterocycles. The molecule has 0 radical (unpaired) electrons. The van der Waals surface area contributed by atoms with Gasteiger partial charge in [-0.2, -0.15) is 0 Å². The minimum atomic E-state index is 0.0245. The van der Waals surface area contributed by atoms with Crippen molar-refractivity contribution in [2.75, 3.05) is 26.9 Å². The van der Waals surface area contributed by atoms with Crippen molar-refractivity contribution in [2.45, 2.75) is 38.0 Å². The molecule has 1 heterocycles. The van der Waals surface area contributed by atoms with Gasteiger partial charge in [0.1, 0.15) is 18.0 Å². The van der Waals surface area contributed by atoms with E-state index >= 15 is 0 Å². The predicted octanol–water partition coefficient (Wildman–Crippen LogP) is 2.29. The molecule has 3 unspecified atom stereocenters. The second kappa shape index (κ2) is 8.54. The fraction of sp³-hybridized carbons (Fsp3) is 0.667. The Bertz CT molecular complexity index is 433. The summed E-state index contributed by atoms with van der Waals surface area (Å²) in [5.41, 5.74) is 0. The van der Waals surface area contributed by atoms with Crippen LogP contribution < -0.4 is 10.1 Å². The minimum absolute atomic E-state index is 0.0245. The number of rotatable bonds is 9. The van der Waals surface area contributed by atoms with Gasteiger partial charge in [-0.25, -0.2) is 0 Å². The molecule has 1 aliphatic carbocycles. The zero-order valence-electron chi connectivity index (χ0n) is 12.5. The van der Waals surface area contributed by atoms with E-state index in [0.29, 0.717) is 30.0 Å². The summed E-state index contributed by atoms with van der Waals surface area (Å²) >= 11 is 5.92. The Balaban J connectivity index is 1.88. The number of hydrogen-bond acceptors (Lipinski definition) is 5. The summed E-state index contributed by atoms with van der Waals surface area (Å²) < 4.78 is 16.8. The quantitative estimate of drug-likeness (QED) is 0.709. The maximum atomic E-state index is 5.93. The molecule has 1 fully saturated rings. The van der Waals surface area contributed by atoms with Crippen LogP contribution in [0.15, 0.2) is 18.5 Å². The SMILES string of the molecule is CCCNC1CC(Oc2cncc(Cl)c2)C1OCCOC. The van der Waals surface area contributed by atoms with E-state index in [1.165, 1.54) is 0 Å². The smallest absolute Gasteiger partial charge is 0.139 e. The van der Waals surface area contributed by atoms with E-state index in [9.17, 15) is 0 Å². The number of hydrogen-bond donors (Lipinski definition) is 1. The van der Waals surface area contributed by atoms with Crippen LogP contribution in [0.2, 0.25) is 5.02 Å². The normalized spacial score (nSPS) is 24.6. The summed E-state index contributed by atoms with van der Waals surface area (Å²) in [4.78, 5) is 4.03. The van der Waals surface area contributed by atoms with Crippen molar-refractivity contribution in [2.24, 2.45) is 0 Å². The Kier molecular flexibility index (Phi) is 6.70. The van der Waals surface area contributed by atoms with Crippen LogP contribution in [-0.4, -0.2) is 50.1 Å². The maximum absolute atomic E-state index is 5.93. The van der Waals surface area contributed by atoms with E-state index in [1.54, 1.807) is 25.6 Å². The number of nitrogens with zero attached hydrogens (tertiary/aromatic N) is 1. The van der Waals surface area contributed by atoms with Gasteiger partial charge in [-0.3, -0.25) is 4.98 Å². The molecule has 6 heteroatoms. The number of halogens is 1. The number of pyridine rings is 1. The van der Waals surface area contributed by atoms with Crippen molar-refractivity contribution in [1.29, 1.82) is 0 Å². The van der Waals surface area contributed by atoms with E-state index in [-0.39, 0.29) is 12.2 Å². The first-order valence-corrected chi connectivity index (χ1v) is 7.73. The highest BCUT2D eigenvalue weighted by molar-refractivity contribution is 6.30. The average Bonchev–Trinajstić information content (AvgIpc) is 2.46. The van der Waals surface area contributed by atoms with Gasteiger partial charge in [0, 0.05) is 31.8 Å². The second-order valence-corrected chi connectivity index (χ2v) is 5.56. The fourth-order valence-corrected chi connectivity index (χ4v) is 2.51. The molecule has 0 saturated heterocycles. The van der Waals surface area contributed by atoms with E-state index < -0.39 is 0 Å². The van der Waals surface area contributed by atoms with Crippen molar-refractivity contribution in [3.63, 3.8) is 0 Å². The second-order valence-electron chi connectivity index (χ2n) is 5.12. The average molecular weight is 315 g/mol. The molecule has 1 N–H and O–H groups in total. The standard InChI is InChI=1S/C15H23ClN2O3/c1-3-4-18-13-8-14(15(13)20-6-5-19-2)21-12-7-11(16)9-17-10-12/h7,9-10,13-15,18H,3-6,8H2,1-2H3. The van der Waals surface area contributed by atoms with Gasteiger partial charge in [0.25, 0.3) is 0 Å². The first kappa shape index (κ1) is 16.5. The molecule has 118 valence electrons. The van der Waals surface area contributed by atoms with Gasteiger partial charge < -0.3 is 19.5 Å². The van der Waals surface area contributed by atoms with Crippen LogP contribution in [0.5, 0.6) is 5.75 Å². The van der Waals surface area contributed by atoms with Gasteiger partial charge in [0.2, 0.25) is 0 Å². The Morgan fingerprint density at radius 2 is 2.24 bits per heavy atom. The highest BCUT2D eigenvalue weighted by atomic mass is 35.5. The Hall–Kier alpha value is -0.880. The van der Waals surface area contributed by atoms with Crippen molar-refractivity contribution in [3.05, 3.63) is 23.5 Å². The van der Waals surface area contributed by atoms with Gasteiger partial charge in [-0.15, -0.1) is 0 Å². The van der Waals surface area contributed by atoms with Gasteiger partial charge in [-0.05, 0) is 13.0 Å². The lowest BCUT2D eigenvalue weighted by molar-refractivity contribution is -0.115. The molecule has 0 aromatic carbocycles. The van der Waals surface area contributed by atoms with E-state index in [1.807, 2.05) is 0 Å². The molecular formula is C15H23ClN2O3. The van der Waals surface area contributed by atoms with Crippen LogP contribution >= 0.6 is 11.6 Å². The molecule has 1 aromatic rings. The zero-order valence-corrected chi connectivity index (χ0v) is 13.3. The van der Waals surface area contributed by atoms with E-state index in [2.05, 4.69) is 17.2 Å². The summed E-state index contributed by atoms with van der Waals surface area (Å²) in [5, 5.41) is 4.06. The molecule has 2 rings (SSSR count). The summed E-state index contributed by atoms with van der Waals surface area (Å²) in [6.45, 7) is 4.29. The molecular weight excluding hydrogens is 292 g/mol.